The van der Waals surface area contributed by atoms with Gasteiger partial charge < -0.3 is 10.4 Å². The van der Waals surface area contributed by atoms with E-state index >= 15 is 0 Å². The summed E-state index contributed by atoms with van der Waals surface area (Å²) in [6.45, 7) is 0.570. The molecule has 2 rings (SSSR count). The first-order valence-corrected chi connectivity index (χ1v) is 6.43. The van der Waals surface area contributed by atoms with E-state index in [4.69, 9.17) is 16.7 Å². The molecule has 3 nitrogen and oxygen atoms in total. The molecule has 17 heavy (non-hydrogen) atoms. The van der Waals surface area contributed by atoms with E-state index in [1.807, 2.05) is 18.2 Å². The van der Waals surface area contributed by atoms with Gasteiger partial charge in [0.05, 0.1) is 29.1 Å². The quantitative estimate of drug-likeness (QED) is 0.821. The van der Waals surface area contributed by atoms with Crippen LogP contribution >= 0.6 is 34.2 Å². The summed E-state index contributed by atoms with van der Waals surface area (Å²) in [5.74, 6) is 0.168. The van der Waals surface area contributed by atoms with Crippen LogP contribution < -0.4 is 5.32 Å². The second kappa shape index (κ2) is 5.55. The van der Waals surface area contributed by atoms with Crippen LogP contribution in [0.5, 0.6) is 5.75 Å². The van der Waals surface area contributed by atoms with Crippen LogP contribution in [0.4, 0.5) is 5.69 Å². The zero-order chi connectivity index (χ0) is 12.3. The Balaban J connectivity index is 2.04. The van der Waals surface area contributed by atoms with Crippen molar-refractivity contribution in [1.29, 1.82) is 0 Å². The van der Waals surface area contributed by atoms with Gasteiger partial charge in [0.2, 0.25) is 0 Å². The number of rotatable bonds is 3. The normalized spacial score (nSPS) is 10.2. The van der Waals surface area contributed by atoms with Crippen LogP contribution in [0.3, 0.4) is 0 Å². The highest BCUT2D eigenvalue weighted by Crippen LogP contribution is 2.24. The molecule has 0 aliphatic carbocycles. The van der Waals surface area contributed by atoms with Gasteiger partial charge in [-0.3, -0.25) is 4.98 Å². The lowest BCUT2D eigenvalue weighted by Gasteiger charge is -2.08. The van der Waals surface area contributed by atoms with Crippen LogP contribution in [0.15, 0.2) is 36.5 Å². The van der Waals surface area contributed by atoms with Crippen molar-refractivity contribution in [3.8, 4) is 5.75 Å². The molecule has 1 aromatic heterocycles. The third-order valence-electron chi connectivity index (χ3n) is 2.20. The number of benzene rings is 1. The Kier molecular flexibility index (Phi) is 4.06. The summed E-state index contributed by atoms with van der Waals surface area (Å²) in [6.07, 6.45) is 1.42. The summed E-state index contributed by atoms with van der Waals surface area (Å²) >= 11 is 8.31. The lowest BCUT2D eigenvalue weighted by Crippen LogP contribution is -2.01. The Bertz CT molecular complexity index is 516. The van der Waals surface area contributed by atoms with Gasteiger partial charge in [0, 0.05) is 3.57 Å². The smallest absolute Gasteiger partial charge is 0.133 e. The molecule has 0 radical (unpaired) electrons. The van der Waals surface area contributed by atoms with Gasteiger partial charge in [0.1, 0.15) is 5.75 Å². The molecule has 0 aliphatic rings. The molecule has 0 amide bonds. The van der Waals surface area contributed by atoms with E-state index in [0.29, 0.717) is 11.6 Å². The van der Waals surface area contributed by atoms with E-state index in [1.54, 1.807) is 12.1 Å². The van der Waals surface area contributed by atoms with Crippen LogP contribution in [0.1, 0.15) is 5.69 Å². The van der Waals surface area contributed by atoms with Crippen molar-refractivity contribution in [3.63, 3.8) is 0 Å². The summed E-state index contributed by atoms with van der Waals surface area (Å²) in [5, 5.41) is 13.0. The van der Waals surface area contributed by atoms with Crippen LogP contribution in [0.2, 0.25) is 5.02 Å². The molecule has 0 spiro atoms. The van der Waals surface area contributed by atoms with Gasteiger partial charge in [-0.25, -0.2) is 0 Å². The summed E-state index contributed by atoms with van der Waals surface area (Å²) in [5.41, 5.74) is 1.72. The van der Waals surface area contributed by atoms with Crippen molar-refractivity contribution in [2.45, 2.75) is 6.54 Å². The minimum absolute atomic E-state index is 0.168. The van der Waals surface area contributed by atoms with Gasteiger partial charge >= 0.3 is 0 Å². The van der Waals surface area contributed by atoms with Gasteiger partial charge in [-0.2, -0.15) is 0 Å². The lowest BCUT2D eigenvalue weighted by molar-refractivity contribution is 0.472. The maximum Gasteiger partial charge on any atom is 0.133 e. The van der Waals surface area contributed by atoms with Gasteiger partial charge in [0.15, 0.2) is 0 Å². The summed E-state index contributed by atoms with van der Waals surface area (Å²) in [6, 6.07) is 9.20. The van der Waals surface area contributed by atoms with E-state index in [1.165, 1.54) is 6.20 Å². The molecule has 5 heteroatoms. The molecule has 0 atom stereocenters. The van der Waals surface area contributed by atoms with Crippen LogP contribution in [0.25, 0.3) is 0 Å². The fraction of sp³-hybridized carbons (Fsp3) is 0.0833. The molecular weight excluding hydrogens is 351 g/mol. The first kappa shape index (κ1) is 12.4. The van der Waals surface area contributed by atoms with Crippen molar-refractivity contribution in [2.24, 2.45) is 0 Å². The summed E-state index contributed by atoms with van der Waals surface area (Å²) in [4.78, 5) is 4.08. The molecule has 2 N–H and O–H groups in total. The van der Waals surface area contributed by atoms with E-state index in [2.05, 4.69) is 32.9 Å². The highest BCUT2D eigenvalue weighted by molar-refractivity contribution is 14.1. The van der Waals surface area contributed by atoms with Gasteiger partial charge in [0.25, 0.3) is 0 Å². The first-order chi connectivity index (χ1) is 8.15. The van der Waals surface area contributed by atoms with Crippen LogP contribution in [-0.4, -0.2) is 10.1 Å². The average Bonchev–Trinajstić information content (AvgIpc) is 2.30. The number of hydrogen-bond donors (Lipinski definition) is 2. The maximum absolute atomic E-state index is 9.11. The maximum atomic E-state index is 9.11. The standard InChI is InChI=1S/C12H10ClIN2O/c13-11-5-8(14)1-4-12(11)16-6-9-2-3-10(17)7-15-9/h1-5,7,16-17H,6H2. The second-order valence-corrected chi connectivity index (χ2v) is 5.14. The molecule has 0 unspecified atom stereocenters. The van der Waals surface area contributed by atoms with Crippen LogP contribution in [0, 0.1) is 3.57 Å². The molecule has 1 heterocycles. The van der Waals surface area contributed by atoms with Crippen molar-refractivity contribution in [1.82, 2.24) is 4.98 Å². The Morgan fingerprint density at radius 2 is 2.12 bits per heavy atom. The van der Waals surface area contributed by atoms with Gasteiger partial charge in [-0.1, -0.05) is 11.6 Å². The van der Waals surface area contributed by atoms with Crippen molar-refractivity contribution in [3.05, 3.63) is 50.8 Å². The number of pyridine rings is 1. The molecule has 0 saturated heterocycles. The van der Waals surface area contributed by atoms with Crippen molar-refractivity contribution >= 4 is 39.9 Å². The largest absolute Gasteiger partial charge is 0.506 e. The summed E-state index contributed by atoms with van der Waals surface area (Å²) < 4.78 is 1.10. The Morgan fingerprint density at radius 1 is 1.29 bits per heavy atom. The second-order valence-electron chi connectivity index (χ2n) is 3.49. The minimum Gasteiger partial charge on any atom is -0.506 e. The molecule has 0 fully saturated rings. The van der Waals surface area contributed by atoms with E-state index in [9.17, 15) is 0 Å². The average molecular weight is 361 g/mol. The number of halogens is 2. The van der Waals surface area contributed by atoms with Crippen LogP contribution in [-0.2, 0) is 6.54 Å². The molecular formula is C12H10ClIN2O. The molecule has 0 saturated carbocycles. The monoisotopic (exact) mass is 360 g/mol. The zero-order valence-electron chi connectivity index (χ0n) is 8.82. The third kappa shape index (κ3) is 3.47. The van der Waals surface area contributed by atoms with E-state index in [-0.39, 0.29) is 5.75 Å². The number of nitrogens with zero attached hydrogens (tertiary/aromatic N) is 1. The predicted molar refractivity (Wildman–Crippen MR) is 77.4 cm³/mol. The highest BCUT2D eigenvalue weighted by atomic mass is 127. The van der Waals surface area contributed by atoms with Crippen molar-refractivity contribution < 1.29 is 5.11 Å². The molecule has 88 valence electrons. The third-order valence-corrected chi connectivity index (χ3v) is 3.18. The number of anilines is 1. The lowest BCUT2D eigenvalue weighted by atomic mass is 10.3. The Labute approximate surface area is 118 Å². The zero-order valence-corrected chi connectivity index (χ0v) is 11.7. The predicted octanol–water partition coefficient (Wildman–Crippen LogP) is 3.66. The summed E-state index contributed by atoms with van der Waals surface area (Å²) in [7, 11) is 0. The number of aromatic hydroxyl groups is 1. The van der Waals surface area contributed by atoms with Gasteiger partial charge in [-0.05, 0) is 52.9 Å². The SMILES string of the molecule is Oc1ccc(CNc2ccc(I)cc2Cl)nc1. The molecule has 0 aliphatic heterocycles. The molecule has 2 aromatic rings. The van der Waals surface area contributed by atoms with Gasteiger partial charge in [-0.15, -0.1) is 0 Å². The van der Waals surface area contributed by atoms with Crippen molar-refractivity contribution in [2.75, 3.05) is 5.32 Å². The fourth-order valence-electron chi connectivity index (χ4n) is 1.34. The Morgan fingerprint density at radius 3 is 2.76 bits per heavy atom. The Hall–Kier alpha value is -1.01. The molecule has 1 aromatic carbocycles. The van der Waals surface area contributed by atoms with E-state index < -0.39 is 0 Å². The number of aromatic nitrogens is 1. The number of nitrogens with one attached hydrogen (secondary N) is 1. The number of hydrogen-bond acceptors (Lipinski definition) is 3. The van der Waals surface area contributed by atoms with E-state index in [0.717, 1.165) is 15.0 Å². The fourth-order valence-corrected chi connectivity index (χ4v) is 2.26. The first-order valence-electron chi connectivity index (χ1n) is 4.98. The molecule has 0 bridgehead atoms. The highest BCUT2D eigenvalue weighted by Gasteiger charge is 2.01. The minimum atomic E-state index is 0.168. The topological polar surface area (TPSA) is 45.1 Å².